The highest BCUT2D eigenvalue weighted by Crippen LogP contribution is 2.35. The van der Waals surface area contributed by atoms with Crippen LogP contribution in [0, 0.1) is 0 Å². The summed E-state index contributed by atoms with van der Waals surface area (Å²) < 4.78 is 17.0. The van der Waals surface area contributed by atoms with E-state index in [-0.39, 0.29) is 11.9 Å². The van der Waals surface area contributed by atoms with Crippen molar-refractivity contribution in [3.63, 3.8) is 0 Å². The van der Waals surface area contributed by atoms with E-state index in [2.05, 4.69) is 19.9 Å². The lowest BCUT2D eigenvalue weighted by Gasteiger charge is -2.32. The highest BCUT2D eigenvalue weighted by atomic mass is 16.7. The van der Waals surface area contributed by atoms with Crippen LogP contribution in [0.15, 0.2) is 18.2 Å². The monoisotopic (exact) mass is 234 g/mol. The van der Waals surface area contributed by atoms with E-state index in [4.69, 9.17) is 14.2 Å². The van der Waals surface area contributed by atoms with E-state index >= 15 is 0 Å². The predicted molar refractivity (Wildman–Crippen MR) is 64.1 cm³/mol. The first-order chi connectivity index (χ1) is 8.14. The van der Waals surface area contributed by atoms with Crippen molar-refractivity contribution in [2.45, 2.75) is 38.6 Å². The van der Waals surface area contributed by atoms with Crippen molar-refractivity contribution in [2.24, 2.45) is 0 Å². The summed E-state index contributed by atoms with van der Waals surface area (Å²) >= 11 is 0. The molecule has 0 aromatic heterocycles. The highest BCUT2D eigenvalue weighted by molar-refractivity contribution is 5.40. The molecule has 0 saturated carbocycles. The molecule has 3 heteroatoms. The van der Waals surface area contributed by atoms with Gasteiger partial charge >= 0.3 is 0 Å². The summed E-state index contributed by atoms with van der Waals surface area (Å²) in [4.78, 5) is 0. The number of fused-ring (bicyclic) bond motifs is 1. The maximum absolute atomic E-state index is 5.96. The van der Waals surface area contributed by atoms with Gasteiger partial charge in [-0.1, -0.05) is 6.07 Å². The zero-order valence-corrected chi connectivity index (χ0v) is 10.4. The molecule has 1 aromatic carbocycles. The summed E-state index contributed by atoms with van der Waals surface area (Å²) in [6.45, 7) is 5.64. The molecule has 0 radical (unpaired) electrons. The van der Waals surface area contributed by atoms with E-state index in [0.717, 1.165) is 24.2 Å². The molecule has 1 aromatic rings. The Morgan fingerprint density at radius 2 is 1.94 bits per heavy atom. The van der Waals surface area contributed by atoms with Gasteiger partial charge in [0.25, 0.3) is 0 Å². The number of benzene rings is 1. The molecule has 1 fully saturated rings. The molecule has 2 aliphatic rings. The minimum absolute atomic E-state index is 0.0468. The van der Waals surface area contributed by atoms with Gasteiger partial charge in [0.2, 0.25) is 0 Å². The predicted octanol–water partition coefficient (Wildman–Crippen LogP) is 2.84. The van der Waals surface area contributed by atoms with Crippen LogP contribution >= 0.6 is 0 Å². The molecule has 0 amide bonds. The molecule has 3 nitrogen and oxygen atoms in total. The quantitative estimate of drug-likeness (QED) is 0.747. The van der Waals surface area contributed by atoms with E-state index in [1.165, 1.54) is 5.56 Å². The standard InChI is InChI=1S/C14H18O3/c1-14(2)6-5-10-9-11(3-4-12(10)17-14)13-15-7-8-16-13/h3-4,9,13H,5-8H2,1-2H3. The van der Waals surface area contributed by atoms with Crippen molar-refractivity contribution in [2.75, 3.05) is 13.2 Å². The molecule has 0 N–H and O–H groups in total. The van der Waals surface area contributed by atoms with Crippen LogP contribution in [0.3, 0.4) is 0 Å². The summed E-state index contributed by atoms with van der Waals surface area (Å²) in [7, 11) is 0. The molecule has 0 spiro atoms. The van der Waals surface area contributed by atoms with E-state index in [9.17, 15) is 0 Å². The number of ether oxygens (including phenoxy) is 3. The van der Waals surface area contributed by atoms with Gasteiger partial charge in [-0.15, -0.1) is 0 Å². The Bertz CT molecular complexity index is 419. The lowest BCUT2D eigenvalue weighted by molar-refractivity contribution is -0.0442. The summed E-state index contributed by atoms with van der Waals surface area (Å²) in [5.74, 6) is 1.00. The van der Waals surface area contributed by atoms with Gasteiger partial charge in [-0.25, -0.2) is 0 Å². The molecule has 0 bridgehead atoms. The third-order valence-electron chi connectivity index (χ3n) is 3.36. The van der Waals surface area contributed by atoms with Crippen molar-refractivity contribution in [3.05, 3.63) is 29.3 Å². The molecule has 1 saturated heterocycles. The Morgan fingerprint density at radius 3 is 2.71 bits per heavy atom. The van der Waals surface area contributed by atoms with Gasteiger partial charge in [-0.05, 0) is 44.4 Å². The number of aryl methyl sites for hydroxylation is 1. The molecule has 3 rings (SSSR count). The smallest absolute Gasteiger partial charge is 0.184 e. The second-order valence-electron chi connectivity index (χ2n) is 5.30. The molecular formula is C14H18O3. The molecule has 92 valence electrons. The fourth-order valence-corrected chi connectivity index (χ4v) is 2.38. The Balaban J connectivity index is 1.87. The maximum Gasteiger partial charge on any atom is 0.184 e. The van der Waals surface area contributed by atoms with Crippen molar-refractivity contribution >= 4 is 0 Å². The molecule has 2 aliphatic heterocycles. The summed E-state index contributed by atoms with van der Waals surface area (Å²) in [6, 6.07) is 6.23. The number of rotatable bonds is 1. The van der Waals surface area contributed by atoms with Gasteiger partial charge in [0.15, 0.2) is 6.29 Å². The average Bonchev–Trinajstić information content (AvgIpc) is 2.81. The zero-order valence-electron chi connectivity index (χ0n) is 10.4. The average molecular weight is 234 g/mol. The first-order valence-corrected chi connectivity index (χ1v) is 6.19. The van der Waals surface area contributed by atoms with Crippen LogP contribution in [0.5, 0.6) is 5.75 Å². The normalized spacial score (nSPS) is 23.2. The number of hydrogen-bond donors (Lipinski definition) is 0. The molecule has 0 unspecified atom stereocenters. The molecule has 2 heterocycles. The van der Waals surface area contributed by atoms with Crippen LogP contribution in [0.25, 0.3) is 0 Å². The van der Waals surface area contributed by atoms with Gasteiger partial charge in [-0.3, -0.25) is 0 Å². The second-order valence-corrected chi connectivity index (χ2v) is 5.30. The Kier molecular flexibility index (Phi) is 2.60. The topological polar surface area (TPSA) is 27.7 Å². The first kappa shape index (κ1) is 11.1. The minimum atomic E-state index is -0.185. The van der Waals surface area contributed by atoms with E-state index in [1.54, 1.807) is 0 Å². The SMILES string of the molecule is CC1(C)CCc2cc(C3OCCO3)ccc2O1. The second kappa shape index (κ2) is 4.00. The van der Waals surface area contributed by atoms with Crippen molar-refractivity contribution in [3.8, 4) is 5.75 Å². The van der Waals surface area contributed by atoms with Gasteiger partial charge in [0.1, 0.15) is 11.4 Å². The van der Waals surface area contributed by atoms with Gasteiger partial charge in [0, 0.05) is 5.56 Å². The van der Waals surface area contributed by atoms with Gasteiger partial charge < -0.3 is 14.2 Å². The number of hydrogen-bond acceptors (Lipinski definition) is 3. The summed E-state index contributed by atoms with van der Waals surface area (Å²) in [6.07, 6.45) is 1.92. The van der Waals surface area contributed by atoms with Crippen LogP contribution in [0.1, 0.15) is 37.7 Å². The molecule has 0 atom stereocenters. The molecule has 0 aliphatic carbocycles. The van der Waals surface area contributed by atoms with Crippen LogP contribution in [-0.4, -0.2) is 18.8 Å². The Morgan fingerprint density at radius 1 is 1.18 bits per heavy atom. The lowest BCUT2D eigenvalue weighted by Crippen LogP contribution is -2.32. The van der Waals surface area contributed by atoms with Crippen molar-refractivity contribution < 1.29 is 14.2 Å². The Hall–Kier alpha value is -1.06. The van der Waals surface area contributed by atoms with Crippen LogP contribution in [0.4, 0.5) is 0 Å². The van der Waals surface area contributed by atoms with Crippen LogP contribution in [0.2, 0.25) is 0 Å². The van der Waals surface area contributed by atoms with E-state index in [1.807, 2.05) is 12.1 Å². The van der Waals surface area contributed by atoms with Crippen molar-refractivity contribution in [1.82, 2.24) is 0 Å². The minimum Gasteiger partial charge on any atom is -0.488 e. The summed E-state index contributed by atoms with van der Waals surface area (Å²) in [5.41, 5.74) is 2.32. The van der Waals surface area contributed by atoms with Crippen molar-refractivity contribution in [1.29, 1.82) is 0 Å². The van der Waals surface area contributed by atoms with Gasteiger partial charge in [0.05, 0.1) is 13.2 Å². The third-order valence-corrected chi connectivity index (χ3v) is 3.36. The first-order valence-electron chi connectivity index (χ1n) is 6.19. The van der Waals surface area contributed by atoms with Crippen LogP contribution in [-0.2, 0) is 15.9 Å². The lowest BCUT2D eigenvalue weighted by atomic mass is 9.93. The maximum atomic E-state index is 5.96. The van der Waals surface area contributed by atoms with Gasteiger partial charge in [-0.2, -0.15) is 0 Å². The zero-order chi connectivity index (χ0) is 11.9. The highest BCUT2D eigenvalue weighted by Gasteiger charge is 2.27. The molecular weight excluding hydrogens is 216 g/mol. The van der Waals surface area contributed by atoms with E-state index < -0.39 is 0 Å². The summed E-state index contributed by atoms with van der Waals surface area (Å²) in [5, 5.41) is 0. The fourth-order valence-electron chi connectivity index (χ4n) is 2.38. The molecule has 17 heavy (non-hydrogen) atoms. The Labute approximate surface area is 102 Å². The van der Waals surface area contributed by atoms with E-state index in [0.29, 0.717) is 13.2 Å². The fraction of sp³-hybridized carbons (Fsp3) is 0.571. The third kappa shape index (κ3) is 2.17. The largest absolute Gasteiger partial charge is 0.488 e. The van der Waals surface area contributed by atoms with Crippen LogP contribution < -0.4 is 4.74 Å².